The number of hydrogen-bond donors (Lipinski definition) is 1. The molecule has 6 heteroatoms. The molecule has 0 saturated carbocycles. The van der Waals surface area contributed by atoms with Gasteiger partial charge in [-0.25, -0.2) is 4.98 Å². The number of amides is 1. The molecule has 164 valence electrons. The zero-order chi connectivity index (χ0) is 22.3. The molecular weight excluding hydrogens is 402 g/mol. The third kappa shape index (κ3) is 4.75. The Hall–Kier alpha value is -3.80. The lowest BCUT2D eigenvalue weighted by atomic mass is 10.2. The highest BCUT2D eigenvalue weighted by Crippen LogP contribution is 2.23. The molecule has 4 aromatic rings. The van der Waals surface area contributed by atoms with E-state index in [1.165, 1.54) is 0 Å². The summed E-state index contributed by atoms with van der Waals surface area (Å²) in [6.07, 6.45) is 1.55. The van der Waals surface area contributed by atoms with E-state index in [1.807, 2.05) is 36.4 Å². The van der Waals surface area contributed by atoms with Crippen LogP contribution in [-0.4, -0.2) is 36.2 Å². The molecule has 0 radical (unpaired) electrons. The van der Waals surface area contributed by atoms with Gasteiger partial charge in [0, 0.05) is 24.1 Å². The van der Waals surface area contributed by atoms with Gasteiger partial charge in [0.25, 0.3) is 5.91 Å². The molecule has 0 spiro atoms. The molecule has 1 heterocycles. The maximum Gasteiger partial charge on any atom is 0.251 e. The van der Waals surface area contributed by atoms with Crippen molar-refractivity contribution in [1.29, 1.82) is 0 Å². The predicted octanol–water partition coefficient (Wildman–Crippen LogP) is 4.46. The minimum Gasteiger partial charge on any atom is -0.497 e. The lowest BCUT2D eigenvalue weighted by molar-refractivity contribution is 0.0953. The second kappa shape index (κ2) is 10.0. The maximum absolute atomic E-state index is 12.4. The Bertz CT molecular complexity index is 1200. The number of aryl methyl sites for hydroxylation is 1. The number of carbonyl (C=O) groups is 1. The smallest absolute Gasteiger partial charge is 0.251 e. The van der Waals surface area contributed by atoms with E-state index in [4.69, 9.17) is 14.5 Å². The van der Waals surface area contributed by atoms with Gasteiger partial charge in [-0.05, 0) is 48.9 Å². The highest BCUT2D eigenvalue weighted by atomic mass is 16.5. The Kier molecular flexibility index (Phi) is 6.70. The summed E-state index contributed by atoms with van der Waals surface area (Å²) < 4.78 is 12.9. The minimum atomic E-state index is -0.0878. The second-order valence-corrected chi connectivity index (χ2v) is 7.50. The number of aromatic nitrogens is 2. The van der Waals surface area contributed by atoms with Gasteiger partial charge in [0.1, 0.15) is 17.3 Å². The van der Waals surface area contributed by atoms with Crippen LogP contribution >= 0.6 is 0 Å². The summed E-state index contributed by atoms with van der Waals surface area (Å²) in [6.45, 7) is 1.25. The summed E-state index contributed by atoms with van der Waals surface area (Å²) in [6, 6.07) is 23.3. The van der Waals surface area contributed by atoms with Crippen LogP contribution in [0.3, 0.4) is 0 Å². The van der Waals surface area contributed by atoms with E-state index in [0.29, 0.717) is 18.7 Å². The summed E-state index contributed by atoms with van der Waals surface area (Å²) in [7, 11) is 3.30. The van der Waals surface area contributed by atoms with Crippen molar-refractivity contribution in [2.45, 2.75) is 19.4 Å². The molecule has 0 fully saturated rings. The molecule has 1 aromatic heterocycles. The van der Waals surface area contributed by atoms with Crippen molar-refractivity contribution in [3.8, 4) is 11.5 Å². The molecule has 1 N–H and O–H groups in total. The third-order valence-corrected chi connectivity index (χ3v) is 5.47. The van der Waals surface area contributed by atoms with Gasteiger partial charge < -0.3 is 19.4 Å². The van der Waals surface area contributed by atoms with E-state index in [0.717, 1.165) is 46.8 Å². The van der Waals surface area contributed by atoms with Gasteiger partial charge in [-0.15, -0.1) is 0 Å². The van der Waals surface area contributed by atoms with Crippen molar-refractivity contribution in [2.24, 2.45) is 0 Å². The molecular formula is C26H27N3O3. The highest BCUT2D eigenvalue weighted by molar-refractivity contribution is 5.94. The van der Waals surface area contributed by atoms with Crippen molar-refractivity contribution in [3.63, 3.8) is 0 Å². The fourth-order valence-electron chi connectivity index (χ4n) is 3.79. The van der Waals surface area contributed by atoms with Crippen molar-refractivity contribution in [3.05, 3.63) is 89.7 Å². The normalized spacial score (nSPS) is 10.8. The Morgan fingerprint density at radius 1 is 0.938 bits per heavy atom. The summed E-state index contributed by atoms with van der Waals surface area (Å²) >= 11 is 0. The third-order valence-electron chi connectivity index (χ3n) is 5.47. The van der Waals surface area contributed by atoms with Gasteiger partial charge in [-0.3, -0.25) is 4.79 Å². The minimum absolute atomic E-state index is 0.0878. The Labute approximate surface area is 187 Å². The fourth-order valence-corrected chi connectivity index (χ4v) is 3.79. The molecule has 1 amide bonds. The quantitative estimate of drug-likeness (QED) is 0.399. The van der Waals surface area contributed by atoms with Gasteiger partial charge in [0.15, 0.2) is 0 Å². The first-order chi connectivity index (χ1) is 15.7. The summed E-state index contributed by atoms with van der Waals surface area (Å²) in [5.74, 6) is 2.50. The number of carbonyl (C=O) groups excluding carboxylic acids is 1. The number of fused-ring (bicyclic) bond motifs is 1. The molecule has 0 saturated heterocycles. The van der Waals surface area contributed by atoms with E-state index < -0.39 is 0 Å². The number of methoxy groups -OCH3 is 2. The van der Waals surface area contributed by atoms with Crippen molar-refractivity contribution in [1.82, 2.24) is 14.9 Å². The highest BCUT2D eigenvalue weighted by Gasteiger charge is 2.13. The lowest BCUT2D eigenvalue weighted by Crippen LogP contribution is -2.25. The standard InChI is InChI=1S/C26H27N3O3/c1-31-21-15-13-19(14-16-21)26(30)27-17-7-12-25-28-22-9-4-5-10-23(22)29(25)18-20-8-3-6-11-24(20)32-2/h3-6,8-11,13-16H,7,12,17-18H2,1-2H3,(H,27,30). The average Bonchev–Trinajstić information content (AvgIpc) is 3.19. The van der Waals surface area contributed by atoms with Crippen LogP contribution in [0.1, 0.15) is 28.2 Å². The van der Waals surface area contributed by atoms with Crippen LogP contribution in [0, 0.1) is 0 Å². The van der Waals surface area contributed by atoms with Crippen molar-refractivity contribution < 1.29 is 14.3 Å². The van der Waals surface area contributed by atoms with Crippen LogP contribution in [0.2, 0.25) is 0 Å². The Morgan fingerprint density at radius 3 is 2.47 bits per heavy atom. The van der Waals surface area contributed by atoms with Crippen molar-refractivity contribution in [2.75, 3.05) is 20.8 Å². The van der Waals surface area contributed by atoms with E-state index in [-0.39, 0.29) is 5.91 Å². The van der Waals surface area contributed by atoms with Crippen LogP contribution in [-0.2, 0) is 13.0 Å². The average molecular weight is 430 g/mol. The fraction of sp³-hybridized carbons (Fsp3) is 0.231. The zero-order valence-corrected chi connectivity index (χ0v) is 18.4. The van der Waals surface area contributed by atoms with E-state index in [1.54, 1.807) is 38.5 Å². The van der Waals surface area contributed by atoms with Gasteiger partial charge in [0.05, 0.1) is 31.8 Å². The molecule has 0 aliphatic heterocycles. The molecule has 0 aliphatic carbocycles. The molecule has 4 rings (SSSR count). The zero-order valence-electron chi connectivity index (χ0n) is 18.4. The summed E-state index contributed by atoms with van der Waals surface area (Å²) in [5, 5.41) is 2.99. The maximum atomic E-state index is 12.4. The van der Waals surface area contributed by atoms with Crippen LogP contribution in [0.15, 0.2) is 72.8 Å². The first-order valence-corrected chi connectivity index (χ1v) is 10.7. The largest absolute Gasteiger partial charge is 0.497 e. The van der Waals surface area contributed by atoms with E-state index in [9.17, 15) is 4.79 Å². The van der Waals surface area contributed by atoms with E-state index >= 15 is 0 Å². The summed E-state index contributed by atoms with van der Waals surface area (Å²) in [4.78, 5) is 17.2. The van der Waals surface area contributed by atoms with Gasteiger partial charge in [-0.1, -0.05) is 30.3 Å². The van der Waals surface area contributed by atoms with Crippen molar-refractivity contribution >= 4 is 16.9 Å². The topological polar surface area (TPSA) is 65.4 Å². The predicted molar refractivity (Wildman–Crippen MR) is 125 cm³/mol. The van der Waals surface area contributed by atoms with Crippen LogP contribution in [0.25, 0.3) is 11.0 Å². The van der Waals surface area contributed by atoms with Crippen LogP contribution < -0.4 is 14.8 Å². The molecule has 3 aromatic carbocycles. The first kappa shape index (κ1) is 21.4. The van der Waals surface area contributed by atoms with Crippen LogP contribution in [0.5, 0.6) is 11.5 Å². The number of para-hydroxylation sites is 3. The summed E-state index contributed by atoms with van der Waals surface area (Å²) in [5.41, 5.74) is 3.79. The molecule has 0 unspecified atom stereocenters. The molecule has 32 heavy (non-hydrogen) atoms. The first-order valence-electron chi connectivity index (χ1n) is 10.7. The number of benzene rings is 3. The molecule has 0 atom stereocenters. The molecule has 0 aliphatic rings. The molecule has 0 bridgehead atoms. The second-order valence-electron chi connectivity index (χ2n) is 7.50. The Balaban J connectivity index is 1.44. The SMILES string of the molecule is COc1ccc(C(=O)NCCCc2nc3ccccc3n2Cc2ccccc2OC)cc1. The monoisotopic (exact) mass is 429 g/mol. The van der Waals surface area contributed by atoms with Crippen LogP contribution in [0.4, 0.5) is 0 Å². The number of rotatable bonds is 9. The lowest BCUT2D eigenvalue weighted by Gasteiger charge is -2.13. The molecule has 6 nitrogen and oxygen atoms in total. The number of nitrogens with one attached hydrogen (secondary N) is 1. The number of hydrogen-bond acceptors (Lipinski definition) is 4. The Morgan fingerprint density at radius 2 is 1.69 bits per heavy atom. The van der Waals surface area contributed by atoms with Gasteiger partial charge >= 0.3 is 0 Å². The number of ether oxygens (including phenoxy) is 2. The number of imidazole rings is 1. The van der Waals surface area contributed by atoms with Gasteiger partial charge in [0.2, 0.25) is 0 Å². The number of nitrogens with zero attached hydrogens (tertiary/aromatic N) is 2. The van der Waals surface area contributed by atoms with Gasteiger partial charge in [-0.2, -0.15) is 0 Å². The van der Waals surface area contributed by atoms with E-state index in [2.05, 4.69) is 22.0 Å².